The Bertz CT molecular complexity index is 588. The number of H-pyrrole nitrogens is 1. The highest BCUT2D eigenvalue weighted by atomic mass is 16.5. The van der Waals surface area contributed by atoms with Gasteiger partial charge in [0.1, 0.15) is 5.54 Å². The minimum atomic E-state index is -0.920. The van der Waals surface area contributed by atoms with Crippen molar-refractivity contribution in [3.63, 3.8) is 0 Å². The van der Waals surface area contributed by atoms with Crippen molar-refractivity contribution in [2.75, 3.05) is 13.7 Å². The van der Waals surface area contributed by atoms with Gasteiger partial charge in [-0.2, -0.15) is 5.10 Å². The first kappa shape index (κ1) is 16.0. The quantitative estimate of drug-likeness (QED) is 0.571. The lowest BCUT2D eigenvalue weighted by atomic mass is 9.89. The number of rotatable bonds is 3. The molecule has 3 N–H and O–H groups in total. The van der Waals surface area contributed by atoms with Gasteiger partial charge in [0.05, 0.1) is 7.11 Å². The van der Waals surface area contributed by atoms with E-state index in [0.29, 0.717) is 25.1 Å². The standard InChI is InChI=1S/C16H24N4O3/c1-23-15(22)16(7-4-2-3-5-8-16)18-14(21)13-11-10-17-9-6-12(11)19-20-13/h17H,2-10H2,1H3,(H,18,21)(H,19,20). The summed E-state index contributed by atoms with van der Waals surface area (Å²) in [7, 11) is 1.38. The van der Waals surface area contributed by atoms with Gasteiger partial charge in [-0.05, 0) is 12.8 Å². The molecule has 23 heavy (non-hydrogen) atoms. The Balaban J connectivity index is 1.83. The van der Waals surface area contributed by atoms with E-state index < -0.39 is 5.54 Å². The molecule has 1 fully saturated rings. The normalized spacial score (nSPS) is 20.2. The largest absolute Gasteiger partial charge is 0.467 e. The van der Waals surface area contributed by atoms with E-state index in [2.05, 4.69) is 20.8 Å². The number of carbonyl (C=O) groups is 2. The molecule has 0 bridgehead atoms. The molecule has 0 spiro atoms. The number of esters is 1. The lowest BCUT2D eigenvalue weighted by Crippen LogP contribution is -2.55. The zero-order chi connectivity index (χ0) is 16.3. The molecule has 0 radical (unpaired) electrons. The molecule has 0 aromatic carbocycles. The predicted molar refractivity (Wildman–Crippen MR) is 83.9 cm³/mol. The number of hydrogen-bond donors (Lipinski definition) is 3. The number of nitrogens with zero attached hydrogens (tertiary/aromatic N) is 1. The van der Waals surface area contributed by atoms with E-state index in [1.165, 1.54) is 7.11 Å². The van der Waals surface area contributed by atoms with Gasteiger partial charge in [-0.1, -0.05) is 25.7 Å². The average molecular weight is 320 g/mol. The molecular weight excluding hydrogens is 296 g/mol. The highest BCUT2D eigenvalue weighted by Crippen LogP contribution is 2.29. The van der Waals surface area contributed by atoms with E-state index in [1.54, 1.807) is 0 Å². The minimum Gasteiger partial charge on any atom is -0.467 e. The zero-order valence-electron chi connectivity index (χ0n) is 13.5. The van der Waals surface area contributed by atoms with Crippen LogP contribution in [0, 0.1) is 0 Å². The van der Waals surface area contributed by atoms with Crippen molar-refractivity contribution < 1.29 is 14.3 Å². The van der Waals surface area contributed by atoms with Crippen LogP contribution in [0.3, 0.4) is 0 Å². The van der Waals surface area contributed by atoms with Crippen molar-refractivity contribution in [2.45, 2.75) is 57.0 Å². The monoisotopic (exact) mass is 320 g/mol. The summed E-state index contributed by atoms with van der Waals surface area (Å²) in [6.07, 6.45) is 6.06. The fraction of sp³-hybridized carbons (Fsp3) is 0.688. The molecule has 1 amide bonds. The van der Waals surface area contributed by atoms with Crippen LogP contribution in [0.1, 0.15) is 60.3 Å². The van der Waals surface area contributed by atoms with Crippen LogP contribution in [-0.4, -0.2) is 41.3 Å². The molecular formula is C16H24N4O3. The summed E-state index contributed by atoms with van der Waals surface area (Å²) in [4.78, 5) is 25.1. The molecule has 126 valence electrons. The molecule has 1 aromatic rings. The van der Waals surface area contributed by atoms with Crippen LogP contribution in [0.2, 0.25) is 0 Å². The highest BCUT2D eigenvalue weighted by Gasteiger charge is 2.42. The molecule has 0 unspecified atom stereocenters. The van der Waals surface area contributed by atoms with Crippen molar-refractivity contribution >= 4 is 11.9 Å². The Hall–Kier alpha value is -1.89. The third-order valence-electron chi connectivity index (χ3n) is 4.91. The van der Waals surface area contributed by atoms with Crippen molar-refractivity contribution in [1.29, 1.82) is 0 Å². The van der Waals surface area contributed by atoms with Crippen LogP contribution in [0.5, 0.6) is 0 Å². The molecule has 7 heteroatoms. The Morgan fingerprint density at radius 2 is 1.96 bits per heavy atom. The first-order chi connectivity index (χ1) is 11.2. The van der Waals surface area contributed by atoms with Crippen LogP contribution in [0.4, 0.5) is 0 Å². The first-order valence-corrected chi connectivity index (χ1v) is 8.34. The summed E-state index contributed by atoms with van der Waals surface area (Å²) in [5.74, 6) is -0.645. The Morgan fingerprint density at radius 1 is 1.22 bits per heavy atom. The van der Waals surface area contributed by atoms with Crippen molar-refractivity contribution in [1.82, 2.24) is 20.8 Å². The molecule has 7 nitrogen and oxygen atoms in total. The number of amides is 1. The summed E-state index contributed by atoms with van der Waals surface area (Å²) in [6.45, 7) is 1.50. The van der Waals surface area contributed by atoms with Gasteiger partial charge in [0.15, 0.2) is 5.69 Å². The van der Waals surface area contributed by atoms with E-state index in [0.717, 1.165) is 49.9 Å². The number of nitrogens with one attached hydrogen (secondary N) is 3. The number of fused-ring (bicyclic) bond motifs is 1. The second kappa shape index (κ2) is 6.70. The fourth-order valence-electron chi connectivity index (χ4n) is 3.60. The van der Waals surface area contributed by atoms with Gasteiger partial charge < -0.3 is 15.4 Å². The van der Waals surface area contributed by atoms with Crippen LogP contribution >= 0.6 is 0 Å². The lowest BCUT2D eigenvalue weighted by molar-refractivity contribution is -0.148. The smallest absolute Gasteiger partial charge is 0.331 e. The molecule has 1 aliphatic heterocycles. The van der Waals surface area contributed by atoms with Crippen LogP contribution in [0.25, 0.3) is 0 Å². The maximum atomic E-state index is 12.8. The number of carbonyl (C=O) groups excluding carboxylic acids is 2. The Labute approximate surface area is 135 Å². The summed E-state index contributed by atoms with van der Waals surface area (Å²) < 4.78 is 4.99. The second-order valence-corrected chi connectivity index (χ2v) is 6.40. The van der Waals surface area contributed by atoms with Gasteiger partial charge in [0, 0.05) is 30.8 Å². The van der Waals surface area contributed by atoms with Crippen LogP contribution in [-0.2, 0) is 22.5 Å². The second-order valence-electron chi connectivity index (χ2n) is 6.40. The van der Waals surface area contributed by atoms with Gasteiger partial charge in [-0.25, -0.2) is 4.79 Å². The van der Waals surface area contributed by atoms with E-state index in [-0.39, 0.29) is 11.9 Å². The minimum absolute atomic E-state index is 0.293. The van der Waals surface area contributed by atoms with E-state index >= 15 is 0 Å². The lowest BCUT2D eigenvalue weighted by Gasteiger charge is -2.30. The van der Waals surface area contributed by atoms with Crippen molar-refractivity contribution in [3.05, 3.63) is 17.0 Å². The SMILES string of the molecule is COC(=O)C1(NC(=O)c2n[nH]c3c2CNCC3)CCCCCC1. The van der Waals surface area contributed by atoms with Crippen molar-refractivity contribution in [2.24, 2.45) is 0 Å². The number of methoxy groups -OCH3 is 1. The van der Waals surface area contributed by atoms with Gasteiger partial charge in [0.2, 0.25) is 0 Å². The number of hydrogen-bond acceptors (Lipinski definition) is 5. The average Bonchev–Trinajstić information content (AvgIpc) is 2.87. The summed E-state index contributed by atoms with van der Waals surface area (Å²) in [5, 5.41) is 13.3. The molecule has 2 aliphatic rings. The van der Waals surface area contributed by atoms with E-state index in [1.807, 2.05) is 0 Å². The third-order valence-corrected chi connectivity index (χ3v) is 4.91. The van der Waals surface area contributed by atoms with Gasteiger partial charge in [0.25, 0.3) is 5.91 Å². The molecule has 2 heterocycles. The Kier molecular flexibility index (Phi) is 4.66. The maximum absolute atomic E-state index is 12.8. The topological polar surface area (TPSA) is 96.1 Å². The number of aromatic nitrogens is 2. The maximum Gasteiger partial charge on any atom is 0.331 e. The number of aromatic amines is 1. The highest BCUT2D eigenvalue weighted by molar-refractivity contribution is 5.98. The predicted octanol–water partition coefficient (Wildman–Crippen LogP) is 1.05. The Morgan fingerprint density at radius 3 is 2.65 bits per heavy atom. The molecule has 1 saturated carbocycles. The van der Waals surface area contributed by atoms with Gasteiger partial charge >= 0.3 is 5.97 Å². The van der Waals surface area contributed by atoms with Crippen molar-refractivity contribution in [3.8, 4) is 0 Å². The molecule has 3 rings (SSSR count). The molecule has 0 saturated heterocycles. The molecule has 1 aromatic heterocycles. The zero-order valence-corrected chi connectivity index (χ0v) is 13.5. The van der Waals surface area contributed by atoms with Gasteiger partial charge in [-0.3, -0.25) is 9.89 Å². The summed E-state index contributed by atoms with van der Waals surface area (Å²) in [6, 6.07) is 0. The first-order valence-electron chi connectivity index (χ1n) is 8.34. The van der Waals surface area contributed by atoms with E-state index in [4.69, 9.17) is 4.74 Å². The molecule has 0 atom stereocenters. The summed E-state index contributed by atoms with van der Waals surface area (Å²) in [5.41, 5.74) is 1.37. The number of ether oxygens (including phenoxy) is 1. The van der Waals surface area contributed by atoms with E-state index in [9.17, 15) is 9.59 Å². The van der Waals surface area contributed by atoms with Crippen LogP contribution in [0.15, 0.2) is 0 Å². The summed E-state index contributed by atoms with van der Waals surface area (Å²) >= 11 is 0. The van der Waals surface area contributed by atoms with Crippen LogP contribution < -0.4 is 10.6 Å². The van der Waals surface area contributed by atoms with Gasteiger partial charge in [-0.15, -0.1) is 0 Å². The third kappa shape index (κ3) is 3.10. The fourth-order valence-corrected chi connectivity index (χ4v) is 3.60. The molecule has 1 aliphatic carbocycles.